The molecule has 2 aromatic carbocycles. The van der Waals surface area contributed by atoms with Crippen LogP contribution in [0, 0.1) is 0 Å². The van der Waals surface area contributed by atoms with Crippen molar-refractivity contribution in [1.29, 1.82) is 0 Å². The summed E-state index contributed by atoms with van der Waals surface area (Å²) in [5, 5.41) is 0. The Kier molecular flexibility index (Phi) is 13.7. The Hall–Kier alpha value is -3.14. The van der Waals surface area contributed by atoms with Crippen molar-refractivity contribution >= 4 is 75.1 Å². The molecule has 46 heavy (non-hydrogen) atoms. The van der Waals surface area contributed by atoms with Gasteiger partial charge in [-0.05, 0) is 0 Å². The zero-order chi connectivity index (χ0) is 32.8. The van der Waals surface area contributed by atoms with E-state index in [1.807, 2.05) is 12.1 Å². The zero-order valence-electron chi connectivity index (χ0n) is 25.6. The summed E-state index contributed by atoms with van der Waals surface area (Å²) in [5.74, 6) is -3.70. The molecule has 2 aromatic rings. The van der Waals surface area contributed by atoms with Gasteiger partial charge in [0.15, 0.2) is 0 Å². The zero-order valence-corrected chi connectivity index (χ0v) is 31.3. The summed E-state index contributed by atoms with van der Waals surface area (Å²) in [5.41, 5.74) is 1.41. The van der Waals surface area contributed by atoms with Crippen LogP contribution in [0.25, 0.3) is 0 Å². The first-order valence-electron chi connectivity index (χ1n) is 15.5. The van der Waals surface area contributed by atoms with E-state index in [0.717, 1.165) is 0 Å². The third-order valence-corrected chi connectivity index (χ3v) is 21.2. The van der Waals surface area contributed by atoms with Gasteiger partial charge in [0.25, 0.3) is 0 Å². The Labute approximate surface area is 278 Å². The summed E-state index contributed by atoms with van der Waals surface area (Å²) < 4.78 is 34.2. The van der Waals surface area contributed by atoms with Crippen molar-refractivity contribution < 1.29 is 47.2 Å². The summed E-state index contributed by atoms with van der Waals surface area (Å²) in [4.78, 5) is 76.3. The molecular formula is C32H38O12Sn2. The molecule has 0 saturated carbocycles. The molecule has 4 rings (SSSR count). The average Bonchev–Trinajstić information content (AvgIpc) is 3.11. The van der Waals surface area contributed by atoms with E-state index in [4.69, 9.17) is 18.4 Å². The molecule has 0 N–H and O–H groups in total. The number of carbonyl (C=O) groups excluding carboxylic acids is 6. The summed E-state index contributed by atoms with van der Waals surface area (Å²) >= 11 is -10.2. The molecule has 2 fully saturated rings. The molecule has 246 valence electrons. The predicted octanol–water partition coefficient (Wildman–Crippen LogP) is 4.40. The molecule has 0 amide bonds. The Bertz CT molecular complexity index is 1240. The van der Waals surface area contributed by atoms with E-state index in [-0.39, 0.29) is 60.2 Å². The van der Waals surface area contributed by atoms with Crippen molar-refractivity contribution in [1.82, 2.24) is 0 Å². The first kappa shape index (κ1) is 35.7. The third kappa shape index (κ3) is 11.9. The Morgan fingerprint density at radius 2 is 0.826 bits per heavy atom. The molecular weight excluding hydrogens is 814 g/mol. The summed E-state index contributed by atoms with van der Waals surface area (Å²) in [6.45, 7) is 0. The second-order valence-electron chi connectivity index (χ2n) is 11.2. The summed E-state index contributed by atoms with van der Waals surface area (Å²) in [6, 6.07) is 17.8. The van der Waals surface area contributed by atoms with E-state index in [2.05, 4.69) is 0 Å². The van der Waals surface area contributed by atoms with Crippen LogP contribution in [0.4, 0.5) is 0 Å². The molecule has 0 aromatic heterocycles. The molecule has 0 unspecified atom stereocenters. The number of carbonyl (C=O) groups is 6. The van der Waals surface area contributed by atoms with Gasteiger partial charge in [-0.25, -0.2) is 0 Å². The van der Waals surface area contributed by atoms with Crippen LogP contribution < -0.4 is 0 Å². The van der Waals surface area contributed by atoms with Gasteiger partial charge in [-0.15, -0.1) is 0 Å². The molecule has 2 heterocycles. The van der Waals surface area contributed by atoms with Gasteiger partial charge in [0, 0.05) is 0 Å². The van der Waals surface area contributed by atoms with Crippen molar-refractivity contribution in [2.24, 2.45) is 0 Å². The van der Waals surface area contributed by atoms with Gasteiger partial charge in [0.05, 0.1) is 0 Å². The van der Waals surface area contributed by atoms with Crippen LogP contribution in [0.3, 0.4) is 0 Å². The van der Waals surface area contributed by atoms with E-state index >= 15 is 0 Å². The predicted molar refractivity (Wildman–Crippen MR) is 164 cm³/mol. The minimum atomic E-state index is -5.10. The molecule has 14 heteroatoms. The third-order valence-electron chi connectivity index (χ3n) is 7.18. The van der Waals surface area contributed by atoms with Crippen molar-refractivity contribution in [2.75, 3.05) is 0 Å². The average molecular weight is 852 g/mol. The monoisotopic (exact) mass is 854 g/mol. The normalized spacial score (nSPS) is 18.3. The van der Waals surface area contributed by atoms with Crippen LogP contribution in [0.1, 0.15) is 88.2 Å². The second-order valence-corrected chi connectivity index (χ2v) is 24.5. The van der Waals surface area contributed by atoms with Gasteiger partial charge < -0.3 is 0 Å². The molecule has 2 aliphatic heterocycles. The summed E-state index contributed by atoms with van der Waals surface area (Å²) in [7, 11) is 0. The summed E-state index contributed by atoms with van der Waals surface area (Å²) in [6.07, 6.45) is 2.30. The Morgan fingerprint density at radius 3 is 1.13 bits per heavy atom. The van der Waals surface area contributed by atoms with Gasteiger partial charge in [-0.2, -0.15) is 0 Å². The van der Waals surface area contributed by atoms with Crippen LogP contribution in [0.5, 0.6) is 0 Å². The van der Waals surface area contributed by atoms with Crippen molar-refractivity contribution in [3.8, 4) is 0 Å². The SMILES string of the molecule is O=C1CCCCC(=O)[O][Sn]([CH2]c2ccccc2)([O]C(=O)CCCCC(=O)[O][Sn]2([CH2]c3ccccc3)[O]C(=O)CCCCC(=O)[O]2)[O]1. The molecule has 2 saturated heterocycles. The van der Waals surface area contributed by atoms with Crippen molar-refractivity contribution in [3.05, 3.63) is 71.8 Å². The van der Waals surface area contributed by atoms with Crippen LogP contribution in [0.15, 0.2) is 60.7 Å². The van der Waals surface area contributed by atoms with Crippen molar-refractivity contribution in [2.45, 2.75) is 85.9 Å². The van der Waals surface area contributed by atoms with Crippen LogP contribution in [-0.4, -0.2) is 75.1 Å². The molecule has 2 aliphatic rings. The Balaban J connectivity index is 1.38. The second kappa shape index (κ2) is 17.7. The quantitative estimate of drug-likeness (QED) is 0.232. The van der Waals surface area contributed by atoms with E-state index in [0.29, 0.717) is 36.8 Å². The molecule has 0 aliphatic carbocycles. The van der Waals surface area contributed by atoms with Gasteiger partial charge in [-0.1, -0.05) is 0 Å². The molecule has 12 nitrogen and oxygen atoms in total. The van der Waals surface area contributed by atoms with Crippen LogP contribution >= 0.6 is 0 Å². The molecule has 0 radical (unpaired) electrons. The van der Waals surface area contributed by atoms with Crippen LogP contribution in [0.2, 0.25) is 0 Å². The van der Waals surface area contributed by atoms with E-state index in [1.54, 1.807) is 48.5 Å². The van der Waals surface area contributed by atoms with Gasteiger partial charge in [0.1, 0.15) is 0 Å². The number of hydrogen-bond acceptors (Lipinski definition) is 12. The van der Waals surface area contributed by atoms with Crippen molar-refractivity contribution in [3.63, 3.8) is 0 Å². The maximum atomic E-state index is 13.0. The van der Waals surface area contributed by atoms with E-state index in [1.165, 1.54) is 0 Å². The number of rotatable bonds is 11. The Morgan fingerprint density at radius 1 is 0.522 bits per heavy atom. The van der Waals surface area contributed by atoms with Crippen LogP contribution in [-0.2, 0) is 56.1 Å². The standard InChI is InChI=1S/2C7H7.3C6H10O4.2Sn/c2*1-7-5-3-2-4-6-7;3*7-5(8)3-1-2-4-6(9)10;;/h2*2-6H,1H2;3*1-4H2,(H,7,8)(H,9,10);;/q;;;;;2*+3/p-6. The van der Waals surface area contributed by atoms with Gasteiger partial charge in [-0.3, -0.25) is 0 Å². The maximum absolute atomic E-state index is 13.0. The fourth-order valence-corrected chi connectivity index (χ4v) is 18.8. The van der Waals surface area contributed by atoms with E-state index in [9.17, 15) is 28.8 Å². The topological polar surface area (TPSA) is 158 Å². The molecule has 0 bridgehead atoms. The van der Waals surface area contributed by atoms with Gasteiger partial charge >= 0.3 is 280 Å². The molecule has 0 atom stereocenters. The fraction of sp³-hybridized carbons (Fsp3) is 0.438. The minimum absolute atomic E-state index is 0.0129. The number of unbranched alkanes of at least 4 members (excludes halogenated alkanes) is 1. The molecule has 0 spiro atoms. The first-order valence-corrected chi connectivity index (χ1v) is 26.6. The number of hydrogen-bond donors (Lipinski definition) is 0. The fourth-order valence-electron chi connectivity index (χ4n) is 5.00. The first-order chi connectivity index (χ1) is 22.1. The van der Waals surface area contributed by atoms with Gasteiger partial charge in [0.2, 0.25) is 0 Å². The van der Waals surface area contributed by atoms with E-state index < -0.39 is 75.1 Å². The number of benzene rings is 2.